The summed E-state index contributed by atoms with van der Waals surface area (Å²) in [6.07, 6.45) is 3.54. The van der Waals surface area contributed by atoms with Gasteiger partial charge in [-0.3, -0.25) is 4.79 Å². The van der Waals surface area contributed by atoms with E-state index in [0.717, 1.165) is 41.9 Å². The molecule has 3 N–H and O–H groups in total. The van der Waals surface area contributed by atoms with E-state index < -0.39 is 0 Å². The predicted molar refractivity (Wildman–Crippen MR) is 112 cm³/mol. The SMILES string of the molecule is Cc1nn(-c2ccc(Cl)c(Cl)c2)c(C)c1CC(=O)NC1CCCC1CN.Cl. The van der Waals surface area contributed by atoms with Crippen molar-refractivity contribution in [3.63, 3.8) is 0 Å². The van der Waals surface area contributed by atoms with Gasteiger partial charge in [0.05, 0.1) is 27.8 Å². The maximum absolute atomic E-state index is 12.6. The van der Waals surface area contributed by atoms with E-state index in [0.29, 0.717) is 28.9 Å². The number of halogens is 3. The first-order valence-corrected chi connectivity index (χ1v) is 9.66. The number of nitrogens with one attached hydrogen (secondary N) is 1. The molecule has 1 aliphatic rings. The number of hydrogen-bond donors (Lipinski definition) is 2. The number of aryl methyl sites for hydroxylation is 1. The van der Waals surface area contributed by atoms with Crippen LogP contribution in [-0.2, 0) is 11.2 Å². The Morgan fingerprint density at radius 1 is 1.30 bits per heavy atom. The van der Waals surface area contributed by atoms with E-state index in [1.54, 1.807) is 16.8 Å². The molecular formula is C19H25Cl3N4O. The van der Waals surface area contributed by atoms with Crippen LogP contribution in [0.2, 0.25) is 10.0 Å². The van der Waals surface area contributed by atoms with Gasteiger partial charge in [-0.1, -0.05) is 29.6 Å². The van der Waals surface area contributed by atoms with Crippen molar-refractivity contribution in [1.82, 2.24) is 15.1 Å². The number of rotatable bonds is 5. The van der Waals surface area contributed by atoms with E-state index in [4.69, 9.17) is 28.9 Å². The molecular weight excluding hydrogens is 407 g/mol. The molecule has 27 heavy (non-hydrogen) atoms. The van der Waals surface area contributed by atoms with Gasteiger partial charge in [-0.05, 0) is 57.4 Å². The molecule has 0 bridgehead atoms. The molecule has 2 aromatic rings. The van der Waals surface area contributed by atoms with Crippen LogP contribution < -0.4 is 11.1 Å². The van der Waals surface area contributed by atoms with E-state index in [1.807, 2.05) is 19.9 Å². The lowest BCUT2D eigenvalue weighted by atomic mass is 10.0. The summed E-state index contributed by atoms with van der Waals surface area (Å²) in [5, 5.41) is 8.72. The lowest BCUT2D eigenvalue weighted by Crippen LogP contribution is -2.40. The molecule has 148 valence electrons. The monoisotopic (exact) mass is 430 g/mol. The van der Waals surface area contributed by atoms with E-state index in [2.05, 4.69) is 10.4 Å². The fraction of sp³-hybridized carbons (Fsp3) is 0.474. The fourth-order valence-electron chi connectivity index (χ4n) is 3.73. The summed E-state index contributed by atoms with van der Waals surface area (Å²) in [4.78, 5) is 12.6. The van der Waals surface area contributed by atoms with Gasteiger partial charge in [0, 0.05) is 17.3 Å². The maximum Gasteiger partial charge on any atom is 0.224 e. The quantitative estimate of drug-likeness (QED) is 0.751. The van der Waals surface area contributed by atoms with Crippen LogP contribution in [0.1, 0.15) is 36.2 Å². The molecule has 1 saturated carbocycles. The molecule has 1 aromatic carbocycles. The number of amides is 1. The van der Waals surface area contributed by atoms with Crippen molar-refractivity contribution in [1.29, 1.82) is 0 Å². The van der Waals surface area contributed by atoms with Crippen LogP contribution >= 0.6 is 35.6 Å². The summed E-state index contributed by atoms with van der Waals surface area (Å²) in [7, 11) is 0. The van der Waals surface area contributed by atoms with Gasteiger partial charge in [-0.2, -0.15) is 5.10 Å². The van der Waals surface area contributed by atoms with Gasteiger partial charge >= 0.3 is 0 Å². The van der Waals surface area contributed by atoms with Crippen molar-refractivity contribution in [2.24, 2.45) is 11.7 Å². The zero-order valence-corrected chi connectivity index (χ0v) is 17.8. The van der Waals surface area contributed by atoms with Gasteiger partial charge in [-0.25, -0.2) is 4.68 Å². The lowest BCUT2D eigenvalue weighted by Gasteiger charge is -2.19. The van der Waals surface area contributed by atoms with Gasteiger partial charge in [-0.15, -0.1) is 12.4 Å². The second kappa shape index (κ2) is 9.28. The first-order valence-electron chi connectivity index (χ1n) is 8.90. The van der Waals surface area contributed by atoms with Crippen molar-refractivity contribution in [2.75, 3.05) is 6.54 Å². The number of benzene rings is 1. The van der Waals surface area contributed by atoms with Crippen molar-refractivity contribution in [3.05, 3.63) is 45.2 Å². The average Bonchev–Trinajstić information content (AvgIpc) is 3.16. The highest BCUT2D eigenvalue weighted by Gasteiger charge is 2.28. The Labute approximate surface area is 176 Å². The lowest BCUT2D eigenvalue weighted by molar-refractivity contribution is -0.121. The molecule has 0 aliphatic heterocycles. The smallest absolute Gasteiger partial charge is 0.224 e. The van der Waals surface area contributed by atoms with E-state index >= 15 is 0 Å². The summed E-state index contributed by atoms with van der Waals surface area (Å²) in [5.41, 5.74) is 9.34. The normalized spacial score (nSPS) is 19.0. The largest absolute Gasteiger partial charge is 0.353 e. The molecule has 1 amide bonds. The van der Waals surface area contributed by atoms with Crippen molar-refractivity contribution in [2.45, 2.75) is 45.6 Å². The zero-order chi connectivity index (χ0) is 18.8. The van der Waals surface area contributed by atoms with Gasteiger partial charge in [0.25, 0.3) is 0 Å². The highest BCUT2D eigenvalue weighted by molar-refractivity contribution is 6.42. The molecule has 1 heterocycles. The third kappa shape index (κ3) is 4.77. The van der Waals surface area contributed by atoms with Crippen LogP contribution in [0.15, 0.2) is 18.2 Å². The first-order chi connectivity index (χ1) is 12.4. The highest BCUT2D eigenvalue weighted by Crippen LogP contribution is 2.27. The third-order valence-electron chi connectivity index (χ3n) is 5.23. The number of aromatic nitrogens is 2. The Morgan fingerprint density at radius 2 is 2.04 bits per heavy atom. The molecule has 0 radical (unpaired) electrons. The van der Waals surface area contributed by atoms with Crippen molar-refractivity contribution in [3.8, 4) is 5.69 Å². The molecule has 2 atom stereocenters. The Hall–Kier alpha value is -1.27. The number of hydrogen-bond acceptors (Lipinski definition) is 3. The Kier molecular flexibility index (Phi) is 7.57. The average molecular weight is 432 g/mol. The van der Waals surface area contributed by atoms with Gasteiger partial charge < -0.3 is 11.1 Å². The molecule has 2 unspecified atom stereocenters. The fourth-order valence-corrected chi connectivity index (χ4v) is 4.02. The molecule has 1 fully saturated rings. The van der Waals surface area contributed by atoms with Crippen LogP contribution in [0.5, 0.6) is 0 Å². The molecule has 8 heteroatoms. The summed E-state index contributed by atoms with van der Waals surface area (Å²) >= 11 is 12.1. The second-order valence-corrected chi connectivity index (χ2v) is 7.75. The first kappa shape index (κ1) is 22.0. The van der Waals surface area contributed by atoms with E-state index in [1.165, 1.54) is 0 Å². The van der Waals surface area contributed by atoms with Crippen LogP contribution in [-0.4, -0.2) is 28.3 Å². The third-order valence-corrected chi connectivity index (χ3v) is 5.97. The summed E-state index contributed by atoms with van der Waals surface area (Å²) in [5.74, 6) is 0.412. The summed E-state index contributed by atoms with van der Waals surface area (Å²) in [6.45, 7) is 4.50. The predicted octanol–water partition coefficient (Wildman–Crippen LogP) is 4.00. The van der Waals surface area contributed by atoms with Gasteiger partial charge in [0.1, 0.15) is 0 Å². The number of nitrogens with zero attached hydrogens (tertiary/aromatic N) is 2. The molecule has 3 rings (SSSR count). The zero-order valence-electron chi connectivity index (χ0n) is 15.5. The van der Waals surface area contributed by atoms with Gasteiger partial charge in [0.2, 0.25) is 5.91 Å². The molecule has 0 saturated heterocycles. The standard InChI is InChI=1S/C19H24Cl2N4O.ClH/c1-11-15(9-19(26)23-18-5-3-4-13(18)10-22)12(2)25(24-11)14-6-7-16(20)17(21)8-14;/h6-8,13,18H,3-5,9-10,22H2,1-2H3,(H,23,26);1H. The Morgan fingerprint density at radius 3 is 2.70 bits per heavy atom. The van der Waals surface area contributed by atoms with Crippen LogP contribution in [0.25, 0.3) is 5.69 Å². The van der Waals surface area contributed by atoms with Crippen LogP contribution in [0.3, 0.4) is 0 Å². The maximum atomic E-state index is 12.6. The Bertz CT molecular complexity index is 822. The topological polar surface area (TPSA) is 72.9 Å². The number of carbonyl (C=O) groups is 1. The molecule has 0 spiro atoms. The minimum Gasteiger partial charge on any atom is -0.353 e. The number of carbonyl (C=O) groups excluding carboxylic acids is 1. The summed E-state index contributed by atoms with van der Waals surface area (Å²) in [6, 6.07) is 5.58. The van der Waals surface area contributed by atoms with Gasteiger partial charge in [0.15, 0.2) is 0 Å². The molecule has 1 aromatic heterocycles. The van der Waals surface area contributed by atoms with Crippen LogP contribution in [0.4, 0.5) is 0 Å². The summed E-state index contributed by atoms with van der Waals surface area (Å²) < 4.78 is 1.80. The number of nitrogens with two attached hydrogens (primary N) is 1. The Balaban J connectivity index is 0.00000261. The van der Waals surface area contributed by atoms with Crippen molar-refractivity contribution >= 4 is 41.5 Å². The van der Waals surface area contributed by atoms with E-state index in [-0.39, 0.29) is 24.4 Å². The second-order valence-electron chi connectivity index (χ2n) is 6.94. The van der Waals surface area contributed by atoms with E-state index in [9.17, 15) is 4.79 Å². The van der Waals surface area contributed by atoms with Crippen molar-refractivity contribution < 1.29 is 4.79 Å². The highest BCUT2D eigenvalue weighted by atomic mass is 35.5. The molecule has 5 nitrogen and oxygen atoms in total. The molecule has 1 aliphatic carbocycles. The minimum absolute atomic E-state index is 0. The minimum atomic E-state index is 0. The van der Waals surface area contributed by atoms with Crippen LogP contribution in [0, 0.1) is 19.8 Å².